The third kappa shape index (κ3) is 5.24. The fourth-order valence-electron chi connectivity index (χ4n) is 2.02. The lowest BCUT2D eigenvalue weighted by atomic mass is 10.3. The van der Waals surface area contributed by atoms with Crippen molar-refractivity contribution in [1.29, 1.82) is 0 Å². The third-order valence-corrected chi connectivity index (χ3v) is 4.86. The molecule has 0 bridgehead atoms. The minimum atomic E-state index is -2.88. The van der Waals surface area contributed by atoms with E-state index in [9.17, 15) is 13.6 Å². The van der Waals surface area contributed by atoms with Crippen LogP contribution in [0.15, 0.2) is 59.2 Å². The van der Waals surface area contributed by atoms with Crippen molar-refractivity contribution in [2.24, 2.45) is 0 Å². The van der Waals surface area contributed by atoms with Crippen molar-refractivity contribution in [3.63, 3.8) is 0 Å². The lowest BCUT2D eigenvalue weighted by molar-refractivity contribution is -0.113. The summed E-state index contributed by atoms with van der Waals surface area (Å²) in [5, 5.41) is 5.15. The summed E-state index contributed by atoms with van der Waals surface area (Å²) in [6.45, 7) is -2.88. The standard InChI is InChI=1S/C17H13F2N3O2S2/c18-16(19)24-12-5-3-11(4-6-12)21-15(23)10-26-17-20-8-7-13(22-17)14-2-1-9-25-14/h1-9,16H,10H2,(H,21,23). The summed E-state index contributed by atoms with van der Waals surface area (Å²) in [6.07, 6.45) is 1.66. The van der Waals surface area contributed by atoms with E-state index < -0.39 is 6.61 Å². The van der Waals surface area contributed by atoms with Gasteiger partial charge in [-0.05, 0) is 41.8 Å². The highest BCUT2D eigenvalue weighted by atomic mass is 32.2. The number of thiophene rings is 1. The second kappa shape index (κ2) is 8.72. The number of rotatable bonds is 7. The molecule has 1 N–H and O–H groups in total. The Morgan fingerprint density at radius 1 is 1.23 bits per heavy atom. The second-order valence-electron chi connectivity index (χ2n) is 4.94. The van der Waals surface area contributed by atoms with Crippen LogP contribution in [0.4, 0.5) is 14.5 Å². The molecule has 1 amide bonds. The summed E-state index contributed by atoms with van der Waals surface area (Å²) >= 11 is 2.80. The van der Waals surface area contributed by atoms with Gasteiger partial charge in [-0.15, -0.1) is 11.3 Å². The van der Waals surface area contributed by atoms with Gasteiger partial charge in [0.25, 0.3) is 0 Å². The molecule has 134 valence electrons. The highest BCUT2D eigenvalue weighted by Gasteiger charge is 2.09. The van der Waals surface area contributed by atoms with Gasteiger partial charge in [0.05, 0.1) is 16.3 Å². The van der Waals surface area contributed by atoms with E-state index in [4.69, 9.17) is 0 Å². The van der Waals surface area contributed by atoms with Crippen LogP contribution in [0.25, 0.3) is 10.6 Å². The molecule has 3 rings (SSSR count). The van der Waals surface area contributed by atoms with E-state index in [1.54, 1.807) is 17.5 Å². The Morgan fingerprint density at radius 3 is 2.73 bits per heavy atom. The van der Waals surface area contributed by atoms with E-state index in [0.29, 0.717) is 10.8 Å². The van der Waals surface area contributed by atoms with Crippen molar-refractivity contribution >= 4 is 34.7 Å². The molecule has 1 aromatic carbocycles. The summed E-state index contributed by atoms with van der Waals surface area (Å²) in [7, 11) is 0. The van der Waals surface area contributed by atoms with E-state index in [0.717, 1.165) is 10.6 Å². The molecule has 26 heavy (non-hydrogen) atoms. The van der Waals surface area contributed by atoms with Crippen molar-refractivity contribution in [3.8, 4) is 16.3 Å². The molecular formula is C17H13F2N3O2S2. The second-order valence-corrected chi connectivity index (χ2v) is 6.83. The zero-order chi connectivity index (χ0) is 18.4. The van der Waals surface area contributed by atoms with E-state index >= 15 is 0 Å². The number of amides is 1. The summed E-state index contributed by atoms with van der Waals surface area (Å²) in [5.41, 5.74) is 1.30. The number of carbonyl (C=O) groups is 1. The molecule has 0 saturated carbocycles. The first kappa shape index (κ1) is 18.3. The Bertz CT molecular complexity index is 859. The monoisotopic (exact) mass is 393 g/mol. The molecule has 0 aliphatic rings. The first-order valence-corrected chi connectivity index (χ1v) is 9.31. The van der Waals surface area contributed by atoms with Crippen LogP contribution in [0.1, 0.15) is 0 Å². The zero-order valence-corrected chi connectivity index (χ0v) is 14.9. The molecule has 3 aromatic rings. The van der Waals surface area contributed by atoms with Crippen LogP contribution < -0.4 is 10.1 Å². The minimum absolute atomic E-state index is 0.0335. The van der Waals surface area contributed by atoms with Gasteiger partial charge in [-0.3, -0.25) is 4.79 Å². The number of hydrogen-bond donors (Lipinski definition) is 1. The van der Waals surface area contributed by atoms with Gasteiger partial charge in [0.1, 0.15) is 5.75 Å². The molecule has 5 nitrogen and oxygen atoms in total. The number of carbonyl (C=O) groups excluding carboxylic acids is 1. The van der Waals surface area contributed by atoms with Gasteiger partial charge in [-0.1, -0.05) is 17.8 Å². The molecule has 9 heteroatoms. The number of thioether (sulfide) groups is 1. The number of hydrogen-bond acceptors (Lipinski definition) is 6. The van der Waals surface area contributed by atoms with E-state index in [2.05, 4.69) is 20.0 Å². The third-order valence-electron chi connectivity index (χ3n) is 3.10. The molecular weight excluding hydrogens is 380 g/mol. The van der Waals surface area contributed by atoms with Crippen LogP contribution in [-0.2, 0) is 4.79 Å². The number of anilines is 1. The van der Waals surface area contributed by atoms with Crippen LogP contribution in [-0.4, -0.2) is 28.2 Å². The van der Waals surface area contributed by atoms with E-state index in [1.165, 1.54) is 36.0 Å². The van der Waals surface area contributed by atoms with Crippen LogP contribution in [0.5, 0.6) is 5.75 Å². The number of aromatic nitrogens is 2. The van der Waals surface area contributed by atoms with Gasteiger partial charge in [0.2, 0.25) is 5.91 Å². The Hall–Kier alpha value is -2.52. The molecule has 0 aliphatic heterocycles. The molecule has 0 radical (unpaired) electrons. The van der Waals surface area contributed by atoms with Crippen LogP contribution >= 0.6 is 23.1 Å². The number of nitrogens with zero attached hydrogens (tertiary/aromatic N) is 2. The number of nitrogens with one attached hydrogen (secondary N) is 1. The van der Waals surface area contributed by atoms with Crippen LogP contribution in [0.3, 0.4) is 0 Å². The summed E-state index contributed by atoms with van der Waals surface area (Å²) in [6, 6.07) is 11.4. The molecule has 2 aromatic heterocycles. The molecule has 0 saturated heterocycles. The summed E-state index contributed by atoms with van der Waals surface area (Å²) in [4.78, 5) is 21.6. The lowest BCUT2D eigenvalue weighted by Gasteiger charge is -2.07. The smallest absolute Gasteiger partial charge is 0.387 e. The molecule has 0 fully saturated rings. The highest BCUT2D eigenvalue weighted by molar-refractivity contribution is 7.99. The maximum absolute atomic E-state index is 12.1. The van der Waals surface area contributed by atoms with E-state index in [-0.39, 0.29) is 17.4 Å². The average Bonchev–Trinajstić information content (AvgIpc) is 3.16. The normalized spacial score (nSPS) is 10.7. The quantitative estimate of drug-likeness (QED) is 0.472. The topological polar surface area (TPSA) is 64.1 Å². The Kier molecular flexibility index (Phi) is 6.13. The largest absolute Gasteiger partial charge is 0.435 e. The maximum Gasteiger partial charge on any atom is 0.387 e. The Balaban J connectivity index is 1.53. The van der Waals surface area contributed by atoms with Crippen LogP contribution in [0.2, 0.25) is 0 Å². The lowest BCUT2D eigenvalue weighted by Crippen LogP contribution is -2.14. The van der Waals surface area contributed by atoms with E-state index in [1.807, 2.05) is 23.6 Å². The highest BCUT2D eigenvalue weighted by Crippen LogP contribution is 2.24. The average molecular weight is 393 g/mol. The summed E-state index contributed by atoms with van der Waals surface area (Å²) in [5.74, 6) is -0.0859. The first-order chi connectivity index (χ1) is 12.6. The SMILES string of the molecule is O=C(CSc1nccc(-c2cccs2)n1)Nc1ccc(OC(F)F)cc1. The van der Waals surface area contributed by atoms with Crippen LogP contribution in [0, 0.1) is 0 Å². The van der Waals surface area contributed by atoms with Crippen molar-refractivity contribution in [1.82, 2.24) is 9.97 Å². The molecule has 0 aliphatic carbocycles. The summed E-state index contributed by atoms with van der Waals surface area (Å²) < 4.78 is 28.5. The van der Waals surface area contributed by atoms with Crippen molar-refractivity contribution < 1.29 is 18.3 Å². The minimum Gasteiger partial charge on any atom is -0.435 e. The van der Waals surface area contributed by atoms with Gasteiger partial charge in [0, 0.05) is 11.9 Å². The first-order valence-electron chi connectivity index (χ1n) is 7.44. The van der Waals surface area contributed by atoms with Gasteiger partial charge >= 0.3 is 6.61 Å². The molecule has 0 unspecified atom stereocenters. The number of alkyl halides is 2. The van der Waals surface area contributed by atoms with Crippen molar-refractivity contribution in [3.05, 3.63) is 54.0 Å². The maximum atomic E-state index is 12.1. The molecule has 2 heterocycles. The van der Waals surface area contributed by atoms with Gasteiger partial charge in [-0.25, -0.2) is 9.97 Å². The van der Waals surface area contributed by atoms with Gasteiger partial charge in [-0.2, -0.15) is 8.78 Å². The Morgan fingerprint density at radius 2 is 2.04 bits per heavy atom. The number of halogens is 2. The molecule has 0 atom stereocenters. The number of ether oxygens (including phenoxy) is 1. The fourth-order valence-corrected chi connectivity index (χ4v) is 3.34. The fraction of sp³-hybridized carbons (Fsp3) is 0.118. The Labute approximate surface area is 156 Å². The predicted octanol–water partition coefficient (Wildman–Crippen LogP) is 4.54. The number of benzene rings is 1. The van der Waals surface area contributed by atoms with Gasteiger partial charge < -0.3 is 10.1 Å². The predicted molar refractivity (Wildman–Crippen MR) is 97.8 cm³/mol. The van der Waals surface area contributed by atoms with Crippen molar-refractivity contribution in [2.75, 3.05) is 11.1 Å². The van der Waals surface area contributed by atoms with Gasteiger partial charge in [0.15, 0.2) is 5.16 Å². The van der Waals surface area contributed by atoms with Crippen molar-refractivity contribution in [2.45, 2.75) is 11.8 Å². The molecule has 0 spiro atoms. The zero-order valence-electron chi connectivity index (χ0n) is 13.3.